The minimum absolute atomic E-state index is 0.809. The Kier molecular flexibility index (Phi) is 9.87. The van der Waals surface area contributed by atoms with Crippen LogP contribution in [0.5, 0.6) is 0 Å². The van der Waals surface area contributed by atoms with E-state index in [9.17, 15) is 0 Å². The van der Waals surface area contributed by atoms with Crippen LogP contribution in [0.15, 0.2) is 0 Å². The molecule has 0 heterocycles. The zero-order valence-corrected chi connectivity index (χ0v) is 9.21. The molecular formula is C10H23NO2. The van der Waals surface area contributed by atoms with Gasteiger partial charge in [0.1, 0.15) is 0 Å². The minimum atomic E-state index is 0.809. The topological polar surface area (TPSA) is 21.7 Å². The average Bonchev–Trinajstić information content (AvgIpc) is 2.16. The summed E-state index contributed by atoms with van der Waals surface area (Å²) < 4.78 is 10.6. The predicted molar refractivity (Wildman–Crippen MR) is 55.1 cm³/mol. The first kappa shape index (κ1) is 12.9. The van der Waals surface area contributed by atoms with Gasteiger partial charge in [-0.2, -0.15) is 0 Å². The number of nitrogens with zero attached hydrogens (tertiary/aromatic N) is 1. The molecule has 0 unspecified atom stereocenters. The Morgan fingerprint density at radius 3 is 1.62 bits per heavy atom. The van der Waals surface area contributed by atoms with Gasteiger partial charge in [0.2, 0.25) is 0 Å². The Morgan fingerprint density at radius 1 is 0.846 bits per heavy atom. The van der Waals surface area contributed by atoms with Crippen molar-refractivity contribution in [3.63, 3.8) is 0 Å². The van der Waals surface area contributed by atoms with Crippen molar-refractivity contribution >= 4 is 0 Å². The largest absolute Gasteiger partial charge is 0.380 e. The van der Waals surface area contributed by atoms with Gasteiger partial charge >= 0.3 is 0 Å². The molecule has 0 bridgehead atoms. The van der Waals surface area contributed by atoms with E-state index >= 15 is 0 Å². The van der Waals surface area contributed by atoms with Crippen LogP contribution in [0.25, 0.3) is 0 Å². The molecule has 0 saturated heterocycles. The smallest absolute Gasteiger partial charge is 0.0593 e. The third-order valence-electron chi connectivity index (χ3n) is 1.96. The number of likely N-dealkylation sites (N-methyl/N-ethyl adjacent to an activating group) is 1. The van der Waals surface area contributed by atoms with E-state index < -0.39 is 0 Å². The zero-order chi connectivity index (χ0) is 9.94. The van der Waals surface area contributed by atoms with Crippen LogP contribution in [0.4, 0.5) is 0 Å². The molecule has 0 fully saturated rings. The van der Waals surface area contributed by atoms with Gasteiger partial charge in [0.25, 0.3) is 0 Å². The second-order valence-electron chi connectivity index (χ2n) is 2.83. The fourth-order valence-corrected chi connectivity index (χ4v) is 1.10. The molecule has 13 heavy (non-hydrogen) atoms. The third kappa shape index (κ3) is 8.22. The summed E-state index contributed by atoms with van der Waals surface area (Å²) in [6.07, 6.45) is 0. The fourth-order valence-electron chi connectivity index (χ4n) is 1.10. The molecule has 0 aliphatic heterocycles. The highest BCUT2D eigenvalue weighted by atomic mass is 16.5. The maximum absolute atomic E-state index is 5.29. The van der Waals surface area contributed by atoms with Gasteiger partial charge in [0.15, 0.2) is 0 Å². The van der Waals surface area contributed by atoms with Gasteiger partial charge in [-0.3, -0.25) is 4.90 Å². The lowest BCUT2D eigenvalue weighted by molar-refractivity contribution is 0.0852. The number of rotatable bonds is 9. The summed E-state index contributed by atoms with van der Waals surface area (Å²) >= 11 is 0. The molecule has 80 valence electrons. The molecule has 3 nitrogen and oxygen atoms in total. The van der Waals surface area contributed by atoms with Gasteiger partial charge in [0.05, 0.1) is 13.2 Å². The second-order valence-corrected chi connectivity index (χ2v) is 2.83. The molecule has 0 spiro atoms. The summed E-state index contributed by atoms with van der Waals surface area (Å²) in [7, 11) is 0. The van der Waals surface area contributed by atoms with Crippen LogP contribution in [0, 0.1) is 0 Å². The van der Waals surface area contributed by atoms with Crippen molar-refractivity contribution in [2.24, 2.45) is 0 Å². The summed E-state index contributed by atoms with van der Waals surface area (Å²) in [5, 5.41) is 0. The first-order valence-electron chi connectivity index (χ1n) is 5.22. The van der Waals surface area contributed by atoms with Crippen LogP contribution in [0.3, 0.4) is 0 Å². The summed E-state index contributed by atoms with van der Waals surface area (Å²) in [5.41, 5.74) is 0. The van der Waals surface area contributed by atoms with E-state index in [1.807, 2.05) is 13.8 Å². The van der Waals surface area contributed by atoms with Crippen LogP contribution < -0.4 is 0 Å². The molecule has 3 heteroatoms. The van der Waals surface area contributed by atoms with Crippen molar-refractivity contribution in [2.45, 2.75) is 20.8 Å². The molecule has 0 aliphatic carbocycles. The van der Waals surface area contributed by atoms with Crippen molar-refractivity contribution in [3.05, 3.63) is 0 Å². The zero-order valence-electron chi connectivity index (χ0n) is 9.21. The lowest BCUT2D eigenvalue weighted by Gasteiger charge is -2.19. The highest BCUT2D eigenvalue weighted by Gasteiger charge is 2.00. The van der Waals surface area contributed by atoms with E-state index in [4.69, 9.17) is 9.47 Å². The van der Waals surface area contributed by atoms with Crippen LogP contribution in [-0.2, 0) is 9.47 Å². The van der Waals surface area contributed by atoms with Crippen molar-refractivity contribution in [1.82, 2.24) is 4.90 Å². The Morgan fingerprint density at radius 2 is 1.31 bits per heavy atom. The highest BCUT2D eigenvalue weighted by molar-refractivity contribution is 4.53. The number of hydrogen-bond donors (Lipinski definition) is 0. The van der Waals surface area contributed by atoms with Crippen LogP contribution >= 0.6 is 0 Å². The quantitative estimate of drug-likeness (QED) is 0.511. The van der Waals surface area contributed by atoms with Crippen molar-refractivity contribution < 1.29 is 9.47 Å². The summed E-state index contributed by atoms with van der Waals surface area (Å²) in [5.74, 6) is 0. The number of ether oxygens (including phenoxy) is 2. The van der Waals surface area contributed by atoms with E-state index in [-0.39, 0.29) is 0 Å². The fraction of sp³-hybridized carbons (Fsp3) is 1.00. The lowest BCUT2D eigenvalue weighted by Crippen LogP contribution is -2.30. The number of hydrogen-bond acceptors (Lipinski definition) is 3. The molecule has 0 N–H and O–H groups in total. The molecule has 0 aromatic heterocycles. The van der Waals surface area contributed by atoms with Crippen molar-refractivity contribution in [1.29, 1.82) is 0 Å². The van der Waals surface area contributed by atoms with Gasteiger partial charge < -0.3 is 9.47 Å². The second kappa shape index (κ2) is 9.96. The van der Waals surface area contributed by atoms with Crippen LogP contribution in [0.1, 0.15) is 20.8 Å². The van der Waals surface area contributed by atoms with Gasteiger partial charge in [-0.25, -0.2) is 0 Å². The Labute approximate surface area is 82.0 Å². The lowest BCUT2D eigenvalue weighted by atomic mass is 10.5. The molecule has 0 rings (SSSR count). The van der Waals surface area contributed by atoms with Gasteiger partial charge in [0, 0.05) is 26.3 Å². The molecule has 0 saturated carbocycles. The first-order chi connectivity index (χ1) is 6.35. The summed E-state index contributed by atoms with van der Waals surface area (Å²) in [6.45, 7) is 12.6. The predicted octanol–water partition coefficient (Wildman–Crippen LogP) is 1.38. The van der Waals surface area contributed by atoms with Crippen molar-refractivity contribution in [3.8, 4) is 0 Å². The summed E-state index contributed by atoms with van der Waals surface area (Å²) in [4.78, 5) is 2.34. The molecular weight excluding hydrogens is 166 g/mol. The Bertz CT molecular complexity index is 88.9. The molecule has 0 atom stereocenters. The van der Waals surface area contributed by atoms with Crippen LogP contribution in [-0.4, -0.2) is 51.0 Å². The summed E-state index contributed by atoms with van der Waals surface area (Å²) in [6, 6.07) is 0. The van der Waals surface area contributed by atoms with E-state index in [1.54, 1.807) is 0 Å². The first-order valence-corrected chi connectivity index (χ1v) is 5.22. The van der Waals surface area contributed by atoms with Gasteiger partial charge in [-0.15, -0.1) is 0 Å². The maximum atomic E-state index is 5.29. The van der Waals surface area contributed by atoms with E-state index in [1.165, 1.54) is 0 Å². The van der Waals surface area contributed by atoms with E-state index in [0.717, 1.165) is 46.1 Å². The molecule has 0 aromatic rings. The Balaban J connectivity index is 3.28. The highest BCUT2D eigenvalue weighted by Crippen LogP contribution is 1.88. The van der Waals surface area contributed by atoms with Crippen LogP contribution in [0.2, 0.25) is 0 Å². The van der Waals surface area contributed by atoms with Crippen molar-refractivity contribution in [2.75, 3.05) is 46.1 Å². The van der Waals surface area contributed by atoms with Gasteiger partial charge in [-0.05, 0) is 20.4 Å². The normalized spacial score (nSPS) is 11.1. The third-order valence-corrected chi connectivity index (χ3v) is 1.96. The molecule has 0 aromatic carbocycles. The average molecular weight is 189 g/mol. The van der Waals surface area contributed by atoms with E-state index in [0.29, 0.717) is 0 Å². The molecule has 0 radical (unpaired) electrons. The van der Waals surface area contributed by atoms with E-state index in [2.05, 4.69) is 11.8 Å². The maximum Gasteiger partial charge on any atom is 0.0593 e. The molecule has 0 aliphatic rings. The standard InChI is InChI=1S/C10H23NO2/c1-4-11(7-9-12-5-2)8-10-13-6-3/h4-10H2,1-3H3. The SMILES string of the molecule is CCOCCN(CC)CCOCC. The monoisotopic (exact) mass is 189 g/mol. The van der Waals surface area contributed by atoms with Gasteiger partial charge in [-0.1, -0.05) is 6.92 Å². The molecule has 0 amide bonds. The minimum Gasteiger partial charge on any atom is -0.380 e. The Hall–Kier alpha value is -0.120.